The molecule has 2 N–H and O–H groups in total. The van der Waals surface area contributed by atoms with Crippen LogP contribution >= 0.6 is 0 Å². The number of aliphatic carboxylic acids is 1. The predicted molar refractivity (Wildman–Crippen MR) is 65.1 cm³/mol. The molecule has 90 valence electrons. The minimum absolute atomic E-state index is 0.424. The fourth-order valence-electron chi connectivity index (χ4n) is 0.872. The average Bonchev–Trinajstić information content (AvgIpc) is 2.20. The van der Waals surface area contributed by atoms with E-state index in [1.165, 1.54) is 25.9 Å². The molecule has 0 atom stereocenters. The van der Waals surface area contributed by atoms with Gasteiger partial charge in [-0.1, -0.05) is 26.8 Å². The smallest absolute Gasteiger partial charge is 0.330 e. The molecule has 0 aliphatic carbocycles. The van der Waals surface area contributed by atoms with Crippen LogP contribution in [-0.4, -0.2) is 24.2 Å². The van der Waals surface area contributed by atoms with Crippen LogP contribution in [-0.2, 0) is 4.79 Å². The summed E-state index contributed by atoms with van der Waals surface area (Å²) in [5, 5.41) is 11.5. The van der Waals surface area contributed by atoms with Gasteiger partial charge < -0.3 is 10.4 Å². The third kappa shape index (κ3) is 15.9. The number of nitrogens with one attached hydrogen (secondary N) is 1. The monoisotopic (exact) mass is 215 g/mol. The molecule has 0 aromatic rings. The van der Waals surface area contributed by atoms with Crippen molar-refractivity contribution in [2.75, 3.05) is 13.1 Å². The van der Waals surface area contributed by atoms with Gasteiger partial charge in [0.15, 0.2) is 0 Å². The fourth-order valence-corrected chi connectivity index (χ4v) is 0.872. The quantitative estimate of drug-likeness (QED) is 0.529. The van der Waals surface area contributed by atoms with Crippen LogP contribution in [0.5, 0.6) is 0 Å². The van der Waals surface area contributed by atoms with E-state index in [4.69, 9.17) is 5.11 Å². The molecule has 0 heterocycles. The molecule has 0 radical (unpaired) electrons. The highest BCUT2D eigenvalue weighted by Crippen LogP contribution is 1.92. The van der Waals surface area contributed by atoms with Crippen LogP contribution in [0.1, 0.15) is 47.0 Å². The third-order valence-electron chi connectivity index (χ3n) is 1.70. The van der Waals surface area contributed by atoms with E-state index in [2.05, 4.69) is 19.2 Å². The summed E-state index contributed by atoms with van der Waals surface area (Å²) in [6.45, 7) is 10.2. The van der Waals surface area contributed by atoms with Crippen molar-refractivity contribution >= 4 is 5.97 Å². The number of carbonyl (C=O) groups is 1. The predicted octanol–water partition coefficient (Wildman–Crippen LogP) is 2.82. The van der Waals surface area contributed by atoms with Crippen molar-refractivity contribution in [2.24, 2.45) is 0 Å². The number of rotatable bonds is 6. The van der Waals surface area contributed by atoms with Crippen LogP contribution in [0.25, 0.3) is 0 Å². The maximum absolute atomic E-state index is 10.0. The van der Waals surface area contributed by atoms with Gasteiger partial charge in [-0.3, -0.25) is 0 Å². The summed E-state index contributed by atoms with van der Waals surface area (Å²) in [4.78, 5) is 10.0. The second kappa shape index (κ2) is 13.2. The molecule has 0 unspecified atom stereocenters. The first-order chi connectivity index (χ1) is 7.09. The van der Waals surface area contributed by atoms with Crippen molar-refractivity contribution in [1.29, 1.82) is 0 Å². The van der Waals surface area contributed by atoms with Crippen LogP contribution in [0.3, 0.4) is 0 Å². The molecule has 0 aliphatic rings. The van der Waals surface area contributed by atoms with Gasteiger partial charge in [0.1, 0.15) is 0 Å². The molecule has 15 heavy (non-hydrogen) atoms. The average molecular weight is 215 g/mol. The van der Waals surface area contributed by atoms with Crippen molar-refractivity contribution in [2.45, 2.75) is 47.0 Å². The van der Waals surface area contributed by atoms with E-state index in [9.17, 15) is 4.79 Å². The van der Waals surface area contributed by atoms with Gasteiger partial charge in [-0.2, -0.15) is 0 Å². The van der Waals surface area contributed by atoms with Crippen LogP contribution in [0, 0.1) is 0 Å². The van der Waals surface area contributed by atoms with E-state index in [0.717, 1.165) is 6.42 Å². The molecule has 0 amide bonds. The molecule has 0 saturated heterocycles. The molecule has 0 rings (SSSR count). The SMILES string of the molecule is CCC=C(C)C(=O)O.CCCNCCC. The lowest BCUT2D eigenvalue weighted by atomic mass is 10.2. The summed E-state index contributed by atoms with van der Waals surface area (Å²) in [7, 11) is 0. The van der Waals surface area contributed by atoms with E-state index in [1.54, 1.807) is 13.0 Å². The molecule has 3 nitrogen and oxygen atoms in total. The lowest BCUT2D eigenvalue weighted by Gasteiger charge is -1.95. The van der Waals surface area contributed by atoms with Gasteiger partial charge in [-0.15, -0.1) is 0 Å². The molecule has 0 bridgehead atoms. The molecule has 0 spiro atoms. The molecular weight excluding hydrogens is 190 g/mol. The Balaban J connectivity index is 0. The van der Waals surface area contributed by atoms with Crippen molar-refractivity contribution in [3.63, 3.8) is 0 Å². The first-order valence-electron chi connectivity index (χ1n) is 5.70. The van der Waals surface area contributed by atoms with Crippen LogP contribution in [0.2, 0.25) is 0 Å². The Morgan fingerprint density at radius 2 is 1.67 bits per heavy atom. The number of hydrogen-bond donors (Lipinski definition) is 2. The first-order valence-corrected chi connectivity index (χ1v) is 5.70. The normalized spacial score (nSPS) is 10.5. The number of allylic oxidation sites excluding steroid dienone is 1. The van der Waals surface area contributed by atoms with Crippen LogP contribution < -0.4 is 5.32 Å². The van der Waals surface area contributed by atoms with E-state index in [-0.39, 0.29) is 0 Å². The molecule has 0 aliphatic heterocycles. The van der Waals surface area contributed by atoms with E-state index in [0.29, 0.717) is 5.57 Å². The largest absolute Gasteiger partial charge is 0.478 e. The Labute approximate surface area is 93.6 Å². The summed E-state index contributed by atoms with van der Waals surface area (Å²) in [5.74, 6) is -0.827. The summed E-state index contributed by atoms with van der Waals surface area (Å²) < 4.78 is 0. The summed E-state index contributed by atoms with van der Waals surface area (Å²) in [6.07, 6.45) is 4.97. The Bertz CT molecular complexity index is 172. The maximum Gasteiger partial charge on any atom is 0.330 e. The molecule has 0 aromatic carbocycles. The molecular formula is C12H25NO2. The van der Waals surface area contributed by atoms with Gasteiger partial charge >= 0.3 is 5.97 Å². The van der Waals surface area contributed by atoms with Crippen molar-refractivity contribution < 1.29 is 9.90 Å². The van der Waals surface area contributed by atoms with Crippen molar-refractivity contribution in [3.05, 3.63) is 11.6 Å². The standard InChI is InChI=1S/C6H15N.C6H10O2/c1-3-5-7-6-4-2;1-3-4-5(2)6(7)8/h7H,3-6H2,1-2H3;4H,3H2,1-2H3,(H,7,8). The van der Waals surface area contributed by atoms with E-state index < -0.39 is 5.97 Å². The van der Waals surface area contributed by atoms with E-state index >= 15 is 0 Å². The Morgan fingerprint density at radius 1 is 1.20 bits per heavy atom. The fraction of sp³-hybridized carbons (Fsp3) is 0.750. The zero-order valence-corrected chi connectivity index (χ0v) is 10.5. The minimum atomic E-state index is -0.827. The van der Waals surface area contributed by atoms with E-state index in [1.807, 2.05) is 6.92 Å². The minimum Gasteiger partial charge on any atom is -0.478 e. The molecule has 0 saturated carbocycles. The summed E-state index contributed by atoms with van der Waals surface area (Å²) >= 11 is 0. The van der Waals surface area contributed by atoms with Gasteiger partial charge in [0.2, 0.25) is 0 Å². The molecule has 3 heteroatoms. The third-order valence-corrected chi connectivity index (χ3v) is 1.70. The molecule has 0 fully saturated rings. The maximum atomic E-state index is 10.0. The highest BCUT2D eigenvalue weighted by atomic mass is 16.4. The number of carboxylic acid groups (broad SMARTS) is 1. The Kier molecular flexibility index (Phi) is 14.6. The lowest BCUT2D eigenvalue weighted by Crippen LogP contribution is -2.14. The highest BCUT2D eigenvalue weighted by molar-refractivity contribution is 5.85. The summed E-state index contributed by atoms with van der Waals surface area (Å²) in [5.41, 5.74) is 0.424. The second-order valence-electron chi connectivity index (χ2n) is 3.35. The zero-order valence-electron chi connectivity index (χ0n) is 10.5. The van der Waals surface area contributed by atoms with Crippen LogP contribution in [0.15, 0.2) is 11.6 Å². The highest BCUT2D eigenvalue weighted by Gasteiger charge is 1.94. The van der Waals surface area contributed by atoms with Gasteiger partial charge in [0.05, 0.1) is 0 Å². The summed E-state index contributed by atoms with van der Waals surface area (Å²) in [6, 6.07) is 0. The second-order valence-corrected chi connectivity index (χ2v) is 3.35. The Morgan fingerprint density at radius 3 is 1.87 bits per heavy atom. The number of hydrogen-bond acceptors (Lipinski definition) is 2. The van der Waals surface area contributed by atoms with Crippen LogP contribution in [0.4, 0.5) is 0 Å². The Hall–Kier alpha value is -0.830. The lowest BCUT2D eigenvalue weighted by molar-refractivity contribution is -0.132. The van der Waals surface area contributed by atoms with Gasteiger partial charge in [0.25, 0.3) is 0 Å². The van der Waals surface area contributed by atoms with Gasteiger partial charge in [-0.05, 0) is 39.3 Å². The number of carboxylic acids is 1. The topological polar surface area (TPSA) is 49.3 Å². The zero-order chi connectivity index (χ0) is 12.1. The molecule has 0 aromatic heterocycles. The van der Waals surface area contributed by atoms with Gasteiger partial charge in [-0.25, -0.2) is 4.79 Å². The van der Waals surface area contributed by atoms with Crippen molar-refractivity contribution in [3.8, 4) is 0 Å². The van der Waals surface area contributed by atoms with Gasteiger partial charge in [0, 0.05) is 5.57 Å². The van der Waals surface area contributed by atoms with Crippen molar-refractivity contribution in [1.82, 2.24) is 5.32 Å². The first kappa shape index (κ1) is 16.6.